The van der Waals surface area contributed by atoms with Gasteiger partial charge in [0.1, 0.15) is 17.3 Å². The summed E-state index contributed by atoms with van der Waals surface area (Å²) in [5.41, 5.74) is 5.80. The Kier molecular flexibility index (Phi) is 7.82. The number of aromatic nitrogens is 2. The number of nitrogens with two attached hydrogens (primary N) is 1. The van der Waals surface area contributed by atoms with Gasteiger partial charge >= 0.3 is 6.18 Å². The van der Waals surface area contributed by atoms with Crippen LogP contribution in [-0.2, 0) is 10.9 Å². The van der Waals surface area contributed by atoms with Crippen LogP contribution in [0.1, 0.15) is 40.5 Å². The van der Waals surface area contributed by atoms with Crippen LogP contribution in [0.4, 0.5) is 23.4 Å². The first kappa shape index (κ1) is 25.9. The molecule has 0 saturated carbocycles. The van der Waals surface area contributed by atoms with Crippen LogP contribution in [0.5, 0.6) is 0 Å². The Bertz CT molecular complexity index is 1230. The maximum absolute atomic E-state index is 13.8. The molecule has 1 saturated heterocycles. The van der Waals surface area contributed by atoms with E-state index < -0.39 is 29.5 Å². The fourth-order valence-electron chi connectivity index (χ4n) is 3.96. The molecule has 0 radical (unpaired) electrons. The Morgan fingerprint density at radius 2 is 1.97 bits per heavy atom. The third kappa shape index (κ3) is 6.15. The van der Waals surface area contributed by atoms with Crippen molar-refractivity contribution in [2.24, 2.45) is 5.73 Å². The zero-order chi connectivity index (χ0) is 25.9. The number of ether oxygens (including phenoxy) is 1. The van der Waals surface area contributed by atoms with Gasteiger partial charge in [-0.15, -0.1) is 0 Å². The van der Waals surface area contributed by atoms with Crippen LogP contribution < -0.4 is 16.4 Å². The van der Waals surface area contributed by atoms with Gasteiger partial charge in [-0.3, -0.25) is 4.79 Å². The van der Waals surface area contributed by atoms with Crippen LogP contribution in [0.15, 0.2) is 42.7 Å². The molecule has 3 heterocycles. The lowest BCUT2D eigenvalue weighted by atomic mass is 10.0. The normalized spacial score (nSPS) is 15.5. The lowest BCUT2D eigenvalue weighted by molar-refractivity contribution is -0.137. The molecular weight excluding hydrogens is 502 g/mol. The number of rotatable bonds is 7. The monoisotopic (exact) mass is 525 g/mol. The van der Waals surface area contributed by atoms with Crippen molar-refractivity contribution in [3.8, 4) is 11.1 Å². The van der Waals surface area contributed by atoms with Gasteiger partial charge < -0.3 is 26.1 Å². The topological polar surface area (TPSA) is 105 Å². The molecule has 36 heavy (non-hydrogen) atoms. The molecule has 1 amide bonds. The van der Waals surface area contributed by atoms with Gasteiger partial charge in [-0.25, -0.2) is 9.37 Å². The number of carbonyl (C=O) groups is 1. The molecule has 0 aliphatic carbocycles. The molecule has 7 nitrogen and oxygen atoms in total. The first-order valence-corrected chi connectivity index (χ1v) is 11.6. The first-order valence-electron chi connectivity index (χ1n) is 11.2. The fraction of sp³-hybridized carbons (Fsp3) is 0.333. The van der Waals surface area contributed by atoms with E-state index in [1.807, 2.05) is 0 Å². The zero-order valence-corrected chi connectivity index (χ0v) is 19.7. The van der Waals surface area contributed by atoms with Crippen LogP contribution in [0.3, 0.4) is 0 Å². The Labute approximate surface area is 209 Å². The molecule has 1 aliphatic rings. The second kappa shape index (κ2) is 10.9. The van der Waals surface area contributed by atoms with Crippen molar-refractivity contribution in [1.82, 2.24) is 15.3 Å². The van der Waals surface area contributed by atoms with Gasteiger partial charge in [0.05, 0.1) is 16.6 Å². The number of anilines is 1. The molecular formula is C24H24ClF4N5O2. The van der Waals surface area contributed by atoms with Crippen molar-refractivity contribution in [2.45, 2.75) is 31.1 Å². The highest BCUT2D eigenvalue weighted by Crippen LogP contribution is 2.33. The van der Waals surface area contributed by atoms with E-state index in [2.05, 4.69) is 20.6 Å². The summed E-state index contributed by atoms with van der Waals surface area (Å²) >= 11 is 6.35. The average molecular weight is 526 g/mol. The Hall–Kier alpha value is -3.15. The minimum atomic E-state index is -4.74. The molecule has 1 aliphatic heterocycles. The second-order valence-electron chi connectivity index (χ2n) is 8.42. The van der Waals surface area contributed by atoms with Crippen molar-refractivity contribution in [3.05, 3.63) is 70.4 Å². The number of H-pyrrole nitrogens is 1. The Balaban J connectivity index is 1.51. The Morgan fingerprint density at radius 1 is 1.22 bits per heavy atom. The third-order valence-electron chi connectivity index (χ3n) is 5.86. The number of carbonyl (C=O) groups excluding carboxylic acids is 1. The van der Waals surface area contributed by atoms with E-state index in [0.29, 0.717) is 41.2 Å². The number of nitrogens with one attached hydrogen (secondary N) is 3. The third-order valence-corrected chi connectivity index (χ3v) is 6.16. The molecule has 1 atom stereocenters. The van der Waals surface area contributed by atoms with E-state index >= 15 is 0 Å². The quantitative estimate of drug-likeness (QED) is 0.328. The van der Waals surface area contributed by atoms with Gasteiger partial charge in [0, 0.05) is 49.3 Å². The lowest BCUT2D eigenvalue weighted by Gasteiger charge is -2.23. The minimum Gasteiger partial charge on any atom is -0.381 e. The molecule has 1 fully saturated rings. The summed E-state index contributed by atoms with van der Waals surface area (Å²) in [6.07, 6.45) is 0.0583. The lowest BCUT2D eigenvalue weighted by Crippen LogP contribution is -2.33. The van der Waals surface area contributed by atoms with Crippen LogP contribution in [0, 0.1) is 5.82 Å². The molecule has 1 unspecified atom stereocenters. The summed E-state index contributed by atoms with van der Waals surface area (Å²) in [7, 11) is 0. The van der Waals surface area contributed by atoms with Gasteiger partial charge in [0.25, 0.3) is 5.91 Å². The SMILES string of the molecule is NCC(NC(=O)c1cc(-c2cc(NC3CCOCC3)ncc2Cl)c[nH]1)c1cc(F)cc(C(F)(F)F)c1. The van der Waals surface area contributed by atoms with Crippen molar-refractivity contribution in [1.29, 1.82) is 0 Å². The molecule has 5 N–H and O–H groups in total. The predicted molar refractivity (Wildman–Crippen MR) is 127 cm³/mol. The van der Waals surface area contributed by atoms with Crippen LogP contribution in [-0.4, -0.2) is 41.7 Å². The minimum absolute atomic E-state index is 0.0917. The summed E-state index contributed by atoms with van der Waals surface area (Å²) < 4.78 is 58.5. The van der Waals surface area contributed by atoms with Crippen LogP contribution in [0.25, 0.3) is 11.1 Å². The van der Waals surface area contributed by atoms with E-state index in [-0.39, 0.29) is 23.8 Å². The van der Waals surface area contributed by atoms with E-state index in [1.165, 1.54) is 6.20 Å². The number of alkyl halides is 3. The van der Waals surface area contributed by atoms with Gasteiger partial charge in [0.2, 0.25) is 0 Å². The molecule has 1 aromatic carbocycles. The number of aromatic amines is 1. The number of benzene rings is 1. The Morgan fingerprint density at radius 3 is 2.67 bits per heavy atom. The van der Waals surface area contributed by atoms with Crippen LogP contribution >= 0.6 is 11.6 Å². The number of hydrogen-bond donors (Lipinski definition) is 4. The molecule has 4 rings (SSSR count). The second-order valence-corrected chi connectivity index (χ2v) is 8.82. The molecule has 0 spiro atoms. The zero-order valence-electron chi connectivity index (χ0n) is 19.0. The van der Waals surface area contributed by atoms with E-state index in [9.17, 15) is 22.4 Å². The molecule has 12 heteroatoms. The highest BCUT2D eigenvalue weighted by molar-refractivity contribution is 6.33. The number of nitrogens with zero attached hydrogens (tertiary/aromatic N) is 1. The van der Waals surface area contributed by atoms with E-state index in [1.54, 1.807) is 18.3 Å². The number of pyridine rings is 1. The maximum atomic E-state index is 13.8. The van der Waals surface area contributed by atoms with Gasteiger partial charge in [-0.1, -0.05) is 11.6 Å². The summed E-state index contributed by atoms with van der Waals surface area (Å²) in [4.78, 5) is 20.0. The van der Waals surface area contributed by atoms with Gasteiger partial charge in [0.15, 0.2) is 0 Å². The molecule has 0 bridgehead atoms. The average Bonchev–Trinajstić information content (AvgIpc) is 3.33. The largest absolute Gasteiger partial charge is 0.416 e. The van der Waals surface area contributed by atoms with Crippen molar-refractivity contribution >= 4 is 23.3 Å². The molecule has 2 aromatic heterocycles. The fourth-order valence-corrected chi connectivity index (χ4v) is 4.17. The maximum Gasteiger partial charge on any atom is 0.416 e. The summed E-state index contributed by atoms with van der Waals surface area (Å²) in [6.45, 7) is 1.11. The highest BCUT2D eigenvalue weighted by atomic mass is 35.5. The standard InChI is InChI=1S/C24H24ClF4N5O2/c25-19-12-32-22(33-17-1-3-36-4-2-17)9-18(19)14-7-20(31-11-14)23(35)34-21(10-30)13-5-15(24(27,28)29)8-16(26)6-13/h5-9,11-12,17,21,31H,1-4,10,30H2,(H,32,33)(H,34,35). The molecule has 3 aromatic rings. The highest BCUT2D eigenvalue weighted by Gasteiger charge is 2.32. The van der Waals surface area contributed by atoms with Crippen molar-refractivity contribution in [2.75, 3.05) is 25.1 Å². The summed E-state index contributed by atoms with van der Waals surface area (Å²) in [5, 5.41) is 6.28. The smallest absolute Gasteiger partial charge is 0.381 e. The van der Waals surface area contributed by atoms with Gasteiger partial charge in [-0.05, 0) is 48.7 Å². The molecule has 192 valence electrons. The van der Waals surface area contributed by atoms with Gasteiger partial charge in [-0.2, -0.15) is 13.2 Å². The predicted octanol–water partition coefficient (Wildman–Crippen LogP) is 4.91. The first-order chi connectivity index (χ1) is 17.1. The van der Waals surface area contributed by atoms with Crippen molar-refractivity contribution < 1.29 is 27.1 Å². The number of amides is 1. The van der Waals surface area contributed by atoms with Crippen LogP contribution in [0.2, 0.25) is 5.02 Å². The van der Waals surface area contributed by atoms with Crippen molar-refractivity contribution in [3.63, 3.8) is 0 Å². The summed E-state index contributed by atoms with van der Waals surface area (Å²) in [5.74, 6) is -1.07. The van der Waals surface area contributed by atoms with E-state index in [4.69, 9.17) is 22.1 Å². The number of halogens is 5. The summed E-state index contributed by atoms with van der Waals surface area (Å²) in [6, 6.07) is 4.58. The number of hydrogen-bond acceptors (Lipinski definition) is 5. The van der Waals surface area contributed by atoms with E-state index in [0.717, 1.165) is 25.0 Å².